The summed E-state index contributed by atoms with van der Waals surface area (Å²) < 4.78 is 0.958. The third kappa shape index (κ3) is 2.67. The summed E-state index contributed by atoms with van der Waals surface area (Å²) in [4.78, 5) is 16.8. The Bertz CT molecular complexity index is 830. The molecule has 0 radical (unpaired) electrons. The number of aryl methyl sites for hydroxylation is 1. The van der Waals surface area contributed by atoms with Crippen molar-refractivity contribution in [3.63, 3.8) is 0 Å². The number of halogens is 1. The molecule has 0 bridgehead atoms. The molecular weight excluding hydrogens is 328 g/mol. The van der Waals surface area contributed by atoms with Crippen LogP contribution in [0.1, 0.15) is 15.9 Å². The van der Waals surface area contributed by atoms with Crippen LogP contribution in [-0.2, 0) is 0 Å². The van der Waals surface area contributed by atoms with Gasteiger partial charge in [-0.1, -0.05) is 40.2 Å². The van der Waals surface area contributed by atoms with Crippen molar-refractivity contribution in [2.24, 2.45) is 0 Å². The Morgan fingerprint density at radius 1 is 1.10 bits per heavy atom. The number of carbonyl (C=O) groups excluding carboxylic acids is 1. The van der Waals surface area contributed by atoms with E-state index >= 15 is 0 Å². The number of fused-ring (bicyclic) bond motifs is 1. The first-order chi connectivity index (χ1) is 10.2. The first kappa shape index (κ1) is 13.8. The van der Waals surface area contributed by atoms with E-state index in [-0.39, 0.29) is 5.91 Å². The van der Waals surface area contributed by atoms with Gasteiger partial charge >= 0.3 is 0 Å². The van der Waals surface area contributed by atoms with E-state index in [1.54, 1.807) is 6.20 Å². The Kier molecular flexibility index (Phi) is 3.71. The molecule has 3 rings (SSSR count). The van der Waals surface area contributed by atoms with Gasteiger partial charge in [-0.3, -0.25) is 9.78 Å². The van der Waals surface area contributed by atoms with E-state index < -0.39 is 0 Å². The fourth-order valence-electron chi connectivity index (χ4n) is 2.26. The van der Waals surface area contributed by atoms with Crippen molar-refractivity contribution in [3.8, 4) is 0 Å². The van der Waals surface area contributed by atoms with Crippen LogP contribution in [0.25, 0.3) is 10.9 Å². The molecule has 0 fully saturated rings. The number of benzene rings is 2. The highest BCUT2D eigenvalue weighted by Crippen LogP contribution is 2.28. The molecule has 0 atom stereocenters. The van der Waals surface area contributed by atoms with Crippen molar-refractivity contribution in [2.75, 3.05) is 5.32 Å². The minimum absolute atomic E-state index is 0.123. The van der Waals surface area contributed by atoms with Crippen molar-refractivity contribution in [3.05, 3.63) is 70.3 Å². The average Bonchev–Trinajstić information content (AvgIpc) is 2.51. The summed E-state index contributed by atoms with van der Waals surface area (Å²) in [5.74, 6) is -0.123. The Morgan fingerprint density at radius 2 is 1.90 bits per heavy atom. The van der Waals surface area contributed by atoms with Gasteiger partial charge in [-0.2, -0.15) is 0 Å². The van der Waals surface area contributed by atoms with Crippen molar-refractivity contribution in [2.45, 2.75) is 6.92 Å². The Hall–Kier alpha value is -2.20. The summed E-state index contributed by atoms with van der Waals surface area (Å²) in [6.07, 6.45) is 1.72. The van der Waals surface area contributed by atoms with Crippen LogP contribution >= 0.6 is 15.9 Å². The number of rotatable bonds is 2. The molecule has 21 heavy (non-hydrogen) atoms. The molecule has 0 aliphatic rings. The molecule has 3 nitrogen and oxygen atoms in total. The average molecular weight is 341 g/mol. The maximum Gasteiger partial charge on any atom is 0.255 e. The van der Waals surface area contributed by atoms with Crippen molar-refractivity contribution in [1.82, 2.24) is 4.98 Å². The third-order valence-electron chi connectivity index (χ3n) is 3.35. The SMILES string of the molecule is Cc1ccccc1C(=O)Nc1ccc(Br)c2cccnc12. The van der Waals surface area contributed by atoms with Crippen LogP contribution in [-0.4, -0.2) is 10.9 Å². The second-order valence-electron chi connectivity index (χ2n) is 4.76. The summed E-state index contributed by atoms with van der Waals surface area (Å²) in [5.41, 5.74) is 3.10. The first-order valence-corrected chi connectivity index (χ1v) is 7.36. The van der Waals surface area contributed by atoms with Gasteiger partial charge in [-0.15, -0.1) is 0 Å². The molecule has 0 saturated heterocycles. The number of hydrogen-bond donors (Lipinski definition) is 1. The quantitative estimate of drug-likeness (QED) is 0.743. The fourth-order valence-corrected chi connectivity index (χ4v) is 2.71. The molecule has 3 aromatic rings. The molecule has 0 aliphatic heterocycles. The monoisotopic (exact) mass is 340 g/mol. The van der Waals surface area contributed by atoms with E-state index in [1.807, 2.05) is 55.5 Å². The predicted molar refractivity (Wildman–Crippen MR) is 88.6 cm³/mol. The number of hydrogen-bond acceptors (Lipinski definition) is 2. The number of carbonyl (C=O) groups is 1. The molecule has 0 spiro atoms. The fraction of sp³-hybridized carbons (Fsp3) is 0.0588. The Balaban J connectivity index is 2.01. The van der Waals surface area contributed by atoms with Crippen LogP contribution < -0.4 is 5.32 Å². The van der Waals surface area contributed by atoms with Gasteiger partial charge in [0.05, 0.1) is 11.2 Å². The number of nitrogens with zero attached hydrogens (tertiary/aromatic N) is 1. The van der Waals surface area contributed by atoms with Crippen molar-refractivity contribution in [1.29, 1.82) is 0 Å². The molecule has 0 unspecified atom stereocenters. The number of pyridine rings is 1. The predicted octanol–water partition coefficient (Wildman–Crippen LogP) is 4.56. The molecule has 104 valence electrons. The van der Waals surface area contributed by atoms with Gasteiger partial charge in [-0.05, 0) is 36.8 Å². The van der Waals surface area contributed by atoms with Gasteiger partial charge in [0.25, 0.3) is 5.91 Å². The van der Waals surface area contributed by atoms with E-state index in [1.165, 1.54) is 0 Å². The maximum atomic E-state index is 12.4. The van der Waals surface area contributed by atoms with E-state index in [4.69, 9.17) is 0 Å². The summed E-state index contributed by atoms with van der Waals surface area (Å²) in [6.45, 7) is 1.92. The number of nitrogens with one attached hydrogen (secondary N) is 1. The zero-order valence-corrected chi connectivity index (χ0v) is 13.0. The summed E-state index contributed by atoms with van der Waals surface area (Å²) in [7, 11) is 0. The van der Waals surface area contributed by atoms with Gasteiger partial charge in [0.1, 0.15) is 0 Å². The van der Waals surface area contributed by atoms with Gasteiger partial charge in [-0.25, -0.2) is 0 Å². The van der Waals surface area contributed by atoms with E-state index in [0.717, 1.165) is 20.9 Å². The van der Waals surface area contributed by atoms with Crippen LogP contribution in [0.3, 0.4) is 0 Å². The van der Waals surface area contributed by atoms with E-state index in [0.29, 0.717) is 11.3 Å². The zero-order valence-electron chi connectivity index (χ0n) is 11.4. The maximum absolute atomic E-state index is 12.4. The molecule has 2 aromatic carbocycles. The van der Waals surface area contributed by atoms with Crippen LogP contribution in [0.4, 0.5) is 5.69 Å². The van der Waals surface area contributed by atoms with E-state index in [9.17, 15) is 4.79 Å². The number of anilines is 1. The molecule has 0 saturated carbocycles. The second-order valence-corrected chi connectivity index (χ2v) is 5.62. The van der Waals surface area contributed by atoms with Crippen LogP contribution in [0.15, 0.2) is 59.2 Å². The lowest BCUT2D eigenvalue weighted by Crippen LogP contribution is -2.13. The molecule has 1 N–H and O–H groups in total. The Morgan fingerprint density at radius 3 is 2.71 bits per heavy atom. The normalized spacial score (nSPS) is 10.6. The van der Waals surface area contributed by atoms with Crippen molar-refractivity contribution >= 4 is 38.4 Å². The summed E-state index contributed by atoms with van der Waals surface area (Å²) in [6, 6.07) is 15.1. The highest BCUT2D eigenvalue weighted by molar-refractivity contribution is 9.10. The largest absolute Gasteiger partial charge is 0.320 e. The van der Waals surface area contributed by atoms with Crippen LogP contribution in [0.5, 0.6) is 0 Å². The highest BCUT2D eigenvalue weighted by Gasteiger charge is 2.11. The summed E-state index contributed by atoms with van der Waals surface area (Å²) >= 11 is 3.50. The standard InChI is InChI=1S/C17H13BrN2O/c1-11-5-2-3-6-12(11)17(21)20-15-9-8-14(18)13-7-4-10-19-16(13)15/h2-10H,1H3,(H,20,21). The number of aromatic nitrogens is 1. The molecular formula is C17H13BrN2O. The molecule has 1 aromatic heterocycles. The lowest BCUT2D eigenvalue weighted by Gasteiger charge is -2.10. The minimum atomic E-state index is -0.123. The van der Waals surface area contributed by atoms with E-state index in [2.05, 4.69) is 26.2 Å². The van der Waals surface area contributed by atoms with Gasteiger partial charge in [0, 0.05) is 21.6 Å². The lowest BCUT2D eigenvalue weighted by atomic mass is 10.1. The second kappa shape index (κ2) is 5.66. The molecule has 1 heterocycles. The molecule has 0 aliphatic carbocycles. The molecule has 1 amide bonds. The van der Waals surface area contributed by atoms with Crippen molar-refractivity contribution < 1.29 is 4.79 Å². The lowest BCUT2D eigenvalue weighted by molar-refractivity contribution is 0.102. The van der Waals surface area contributed by atoms with Gasteiger partial charge < -0.3 is 5.32 Å². The first-order valence-electron chi connectivity index (χ1n) is 6.57. The number of amides is 1. The summed E-state index contributed by atoms with van der Waals surface area (Å²) in [5, 5.41) is 3.92. The third-order valence-corrected chi connectivity index (χ3v) is 4.05. The van der Waals surface area contributed by atoms with Crippen LogP contribution in [0.2, 0.25) is 0 Å². The molecule has 4 heteroatoms. The highest BCUT2D eigenvalue weighted by atomic mass is 79.9. The minimum Gasteiger partial charge on any atom is -0.320 e. The van der Waals surface area contributed by atoms with Gasteiger partial charge in [0.15, 0.2) is 0 Å². The smallest absolute Gasteiger partial charge is 0.255 e. The van der Waals surface area contributed by atoms with Crippen LogP contribution in [0, 0.1) is 6.92 Å². The zero-order chi connectivity index (χ0) is 14.8. The van der Waals surface area contributed by atoms with Gasteiger partial charge in [0.2, 0.25) is 0 Å². The topological polar surface area (TPSA) is 42.0 Å². The Labute approximate surface area is 131 Å².